The van der Waals surface area contributed by atoms with Gasteiger partial charge in [0.25, 0.3) is 0 Å². The van der Waals surface area contributed by atoms with E-state index in [1.165, 1.54) is 6.92 Å². The summed E-state index contributed by atoms with van der Waals surface area (Å²) in [5, 5.41) is 19.8. The highest BCUT2D eigenvalue weighted by Crippen LogP contribution is 2.21. The number of carbonyl (C=O) groups excluding carboxylic acids is 3. The van der Waals surface area contributed by atoms with Gasteiger partial charge in [0.05, 0.1) is 6.04 Å². The number of aliphatic carboxylic acids is 1. The molecule has 0 radical (unpaired) electrons. The standard InChI is InChI=1S/C31H38N6O5/c1-4-17(2)27(30(40)36-26(31(41)42)14-20-16-34-24-12-8-6-10-22(20)24)37-29(39)25(35-28(38)18(3)32)13-19-15-33-23-11-7-5-9-21(19)23/h5-12,15-18,25-27,33-34H,4,13-14,32H2,1-3H3,(H,35,38)(H,36,40)(H,37,39)(H,41,42). The van der Waals surface area contributed by atoms with Gasteiger partial charge in [-0.05, 0) is 36.1 Å². The van der Waals surface area contributed by atoms with Crippen molar-refractivity contribution < 1.29 is 24.3 Å². The minimum Gasteiger partial charge on any atom is -0.480 e. The molecule has 2 heterocycles. The first-order chi connectivity index (χ1) is 20.1. The second-order valence-corrected chi connectivity index (χ2v) is 10.7. The molecule has 0 aliphatic rings. The predicted octanol–water partition coefficient (Wildman–Crippen LogP) is 2.37. The van der Waals surface area contributed by atoms with E-state index >= 15 is 0 Å². The van der Waals surface area contributed by atoms with Crippen molar-refractivity contribution in [1.82, 2.24) is 25.9 Å². The molecule has 2 aromatic carbocycles. The van der Waals surface area contributed by atoms with Crippen LogP contribution in [0.3, 0.4) is 0 Å². The normalized spacial score (nSPS) is 15.0. The van der Waals surface area contributed by atoms with E-state index in [2.05, 4.69) is 25.9 Å². The fourth-order valence-electron chi connectivity index (χ4n) is 4.97. The van der Waals surface area contributed by atoms with Gasteiger partial charge < -0.3 is 36.8 Å². The van der Waals surface area contributed by atoms with Gasteiger partial charge in [0.2, 0.25) is 17.7 Å². The van der Waals surface area contributed by atoms with E-state index in [-0.39, 0.29) is 18.8 Å². The third-order valence-corrected chi connectivity index (χ3v) is 7.65. The number of nitrogens with one attached hydrogen (secondary N) is 5. The van der Waals surface area contributed by atoms with Gasteiger partial charge in [-0.3, -0.25) is 14.4 Å². The van der Waals surface area contributed by atoms with Crippen LogP contribution in [0, 0.1) is 5.92 Å². The van der Waals surface area contributed by atoms with Crippen molar-refractivity contribution in [2.45, 2.75) is 64.2 Å². The molecular weight excluding hydrogens is 536 g/mol. The smallest absolute Gasteiger partial charge is 0.326 e. The van der Waals surface area contributed by atoms with Crippen molar-refractivity contribution in [3.8, 4) is 0 Å². The quantitative estimate of drug-likeness (QED) is 0.129. The third kappa shape index (κ3) is 6.98. The minimum absolute atomic E-state index is 0.0554. The molecule has 0 spiro atoms. The molecule has 5 atom stereocenters. The highest BCUT2D eigenvalue weighted by atomic mass is 16.4. The zero-order valence-corrected chi connectivity index (χ0v) is 23.9. The van der Waals surface area contributed by atoms with Crippen molar-refractivity contribution >= 4 is 45.5 Å². The van der Waals surface area contributed by atoms with Crippen molar-refractivity contribution in [1.29, 1.82) is 0 Å². The van der Waals surface area contributed by atoms with Crippen LogP contribution in [-0.2, 0) is 32.0 Å². The zero-order chi connectivity index (χ0) is 30.4. The van der Waals surface area contributed by atoms with Crippen LogP contribution in [0.4, 0.5) is 0 Å². The molecule has 0 fully saturated rings. The summed E-state index contributed by atoms with van der Waals surface area (Å²) in [4.78, 5) is 58.2. The largest absolute Gasteiger partial charge is 0.480 e. The molecular formula is C31H38N6O5. The zero-order valence-electron chi connectivity index (χ0n) is 23.9. The number of nitrogens with two attached hydrogens (primary N) is 1. The molecule has 5 unspecified atom stereocenters. The average Bonchev–Trinajstić information content (AvgIpc) is 3.58. The summed E-state index contributed by atoms with van der Waals surface area (Å²) in [5.41, 5.74) is 9.08. The topological polar surface area (TPSA) is 182 Å². The maximum Gasteiger partial charge on any atom is 0.326 e. The van der Waals surface area contributed by atoms with Gasteiger partial charge in [-0.25, -0.2) is 4.79 Å². The number of carboxylic acids is 1. The Bertz CT molecular complexity index is 1570. The van der Waals surface area contributed by atoms with Gasteiger partial charge >= 0.3 is 5.97 Å². The van der Waals surface area contributed by atoms with E-state index in [4.69, 9.17) is 5.73 Å². The first-order valence-electron chi connectivity index (χ1n) is 14.1. The summed E-state index contributed by atoms with van der Waals surface area (Å²) < 4.78 is 0. The highest BCUT2D eigenvalue weighted by molar-refractivity contribution is 5.95. The molecule has 4 rings (SSSR count). The molecule has 0 saturated heterocycles. The number of fused-ring (bicyclic) bond motifs is 2. The highest BCUT2D eigenvalue weighted by Gasteiger charge is 2.33. The lowest BCUT2D eigenvalue weighted by atomic mass is 9.96. The summed E-state index contributed by atoms with van der Waals surface area (Å²) in [6.45, 7) is 5.19. The summed E-state index contributed by atoms with van der Waals surface area (Å²) in [5.74, 6) is -3.21. The van der Waals surface area contributed by atoms with Gasteiger partial charge in [-0.15, -0.1) is 0 Å². The number of para-hydroxylation sites is 2. The Morgan fingerprint density at radius 2 is 1.26 bits per heavy atom. The Hall–Kier alpha value is -4.64. The first-order valence-corrected chi connectivity index (χ1v) is 14.1. The molecule has 11 nitrogen and oxygen atoms in total. The van der Waals surface area contributed by atoms with Crippen LogP contribution >= 0.6 is 0 Å². The van der Waals surface area contributed by atoms with Crippen LogP contribution in [0.15, 0.2) is 60.9 Å². The molecule has 4 aromatic rings. The number of H-pyrrole nitrogens is 2. The Morgan fingerprint density at radius 1 is 0.762 bits per heavy atom. The maximum atomic E-state index is 13.6. The summed E-state index contributed by atoms with van der Waals surface area (Å²) in [7, 11) is 0. The van der Waals surface area contributed by atoms with Gasteiger partial charge in [0.15, 0.2) is 0 Å². The second-order valence-electron chi connectivity index (χ2n) is 10.7. The molecule has 42 heavy (non-hydrogen) atoms. The number of aromatic amines is 2. The molecule has 0 aliphatic heterocycles. The Kier molecular flexibility index (Phi) is 9.64. The fourth-order valence-corrected chi connectivity index (χ4v) is 4.97. The van der Waals surface area contributed by atoms with Crippen LogP contribution in [-0.4, -0.2) is 62.9 Å². The van der Waals surface area contributed by atoms with Crippen LogP contribution in [0.2, 0.25) is 0 Å². The maximum absolute atomic E-state index is 13.6. The van der Waals surface area contributed by atoms with Crippen molar-refractivity contribution in [3.63, 3.8) is 0 Å². The first kappa shape index (κ1) is 30.3. The van der Waals surface area contributed by atoms with Crippen LogP contribution in [0.1, 0.15) is 38.3 Å². The fraction of sp³-hybridized carbons (Fsp3) is 0.355. The number of hydrogen-bond donors (Lipinski definition) is 7. The van der Waals surface area contributed by atoms with Crippen molar-refractivity contribution in [2.75, 3.05) is 0 Å². The number of hydrogen-bond acceptors (Lipinski definition) is 5. The number of benzene rings is 2. The molecule has 222 valence electrons. The number of rotatable bonds is 13. The molecule has 3 amide bonds. The number of aromatic nitrogens is 2. The monoisotopic (exact) mass is 574 g/mol. The molecule has 11 heteroatoms. The lowest BCUT2D eigenvalue weighted by molar-refractivity contribution is -0.142. The SMILES string of the molecule is CCC(C)C(NC(=O)C(Cc1c[nH]c2ccccc12)NC(=O)C(C)N)C(=O)NC(Cc1c[nH]c2ccccc12)C(=O)O. The number of carbonyl (C=O) groups is 4. The van der Waals surface area contributed by atoms with Crippen LogP contribution < -0.4 is 21.7 Å². The van der Waals surface area contributed by atoms with Gasteiger partial charge in [-0.2, -0.15) is 0 Å². The molecule has 8 N–H and O–H groups in total. The third-order valence-electron chi connectivity index (χ3n) is 7.65. The minimum atomic E-state index is -1.22. The molecule has 0 saturated carbocycles. The Morgan fingerprint density at radius 3 is 1.76 bits per heavy atom. The van der Waals surface area contributed by atoms with E-state index in [1.807, 2.05) is 55.5 Å². The summed E-state index contributed by atoms with van der Waals surface area (Å²) in [6, 6.07) is 11.0. The van der Waals surface area contributed by atoms with Crippen LogP contribution in [0.25, 0.3) is 21.8 Å². The van der Waals surface area contributed by atoms with E-state index in [0.717, 1.165) is 32.9 Å². The van der Waals surface area contributed by atoms with Gasteiger partial charge in [-0.1, -0.05) is 56.7 Å². The van der Waals surface area contributed by atoms with E-state index in [9.17, 15) is 24.3 Å². The Labute approximate surface area is 243 Å². The van der Waals surface area contributed by atoms with E-state index in [1.54, 1.807) is 19.3 Å². The summed E-state index contributed by atoms with van der Waals surface area (Å²) in [6.07, 6.45) is 4.26. The number of carboxylic acid groups (broad SMARTS) is 1. The molecule has 0 bridgehead atoms. The lowest BCUT2D eigenvalue weighted by Crippen LogP contribution is -2.59. The van der Waals surface area contributed by atoms with Crippen molar-refractivity contribution in [2.24, 2.45) is 11.7 Å². The molecule has 0 aliphatic carbocycles. The van der Waals surface area contributed by atoms with E-state index < -0.39 is 47.9 Å². The average molecular weight is 575 g/mol. The van der Waals surface area contributed by atoms with Gasteiger partial charge in [0, 0.05) is 47.0 Å². The van der Waals surface area contributed by atoms with Crippen LogP contribution in [0.5, 0.6) is 0 Å². The predicted molar refractivity (Wildman–Crippen MR) is 161 cm³/mol. The lowest BCUT2D eigenvalue weighted by Gasteiger charge is -2.28. The van der Waals surface area contributed by atoms with Crippen molar-refractivity contribution in [3.05, 3.63) is 72.1 Å². The number of amides is 3. The summed E-state index contributed by atoms with van der Waals surface area (Å²) >= 11 is 0. The van der Waals surface area contributed by atoms with E-state index in [0.29, 0.717) is 6.42 Å². The Balaban J connectivity index is 1.54. The second kappa shape index (κ2) is 13.3. The van der Waals surface area contributed by atoms with Gasteiger partial charge in [0.1, 0.15) is 18.1 Å². The molecule has 2 aromatic heterocycles.